The molecule has 5 heteroatoms. The fourth-order valence-corrected chi connectivity index (χ4v) is 2.48. The zero-order valence-electron chi connectivity index (χ0n) is 14.3. The first-order valence-electron chi connectivity index (χ1n) is 8.66. The van der Waals surface area contributed by atoms with Crippen molar-refractivity contribution in [2.24, 2.45) is 0 Å². The van der Waals surface area contributed by atoms with E-state index in [4.69, 9.17) is 4.74 Å². The van der Waals surface area contributed by atoms with Gasteiger partial charge in [-0.2, -0.15) is 0 Å². The molecule has 0 spiro atoms. The summed E-state index contributed by atoms with van der Waals surface area (Å²) in [5, 5.41) is 3.86. The summed E-state index contributed by atoms with van der Waals surface area (Å²) in [6.07, 6.45) is 5.17. The van der Waals surface area contributed by atoms with Crippen LogP contribution in [0.4, 0.5) is 0 Å². The summed E-state index contributed by atoms with van der Waals surface area (Å²) in [7, 11) is 0. The van der Waals surface area contributed by atoms with E-state index < -0.39 is 0 Å². The van der Waals surface area contributed by atoms with Gasteiger partial charge < -0.3 is 10.1 Å². The van der Waals surface area contributed by atoms with Gasteiger partial charge in [0.25, 0.3) is 0 Å². The number of para-hydroxylation sites is 1. The van der Waals surface area contributed by atoms with E-state index in [9.17, 15) is 9.59 Å². The summed E-state index contributed by atoms with van der Waals surface area (Å²) in [6.45, 7) is 4.16. The number of hydrogen-bond donors (Lipinski definition) is 1. The zero-order chi connectivity index (χ0) is 17.2. The van der Waals surface area contributed by atoms with E-state index in [-0.39, 0.29) is 24.7 Å². The largest absolute Gasteiger partial charge is 0.381 e. The molecule has 1 aromatic heterocycles. The summed E-state index contributed by atoms with van der Waals surface area (Å²) in [5.41, 5.74) is 0.882. The van der Waals surface area contributed by atoms with Crippen LogP contribution in [0.5, 0.6) is 0 Å². The Morgan fingerprint density at radius 2 is 1.88 bits per heavy atom. The maximum Gasteiger partial charge on any atom is 0.231 e. The molecule has 1 aromatic carbocycles. The molecule has 2 aromatic rings. The summed E-state index contributed by atoms with van der Waals surface area (Å²) < 4.78 is 7.05. The number of amides is 1. The predicted octanol–water partition coefficient (Wildman–Crippen LogP) is 3.38. The highest BCUT2D eigenvalue weighted by Crippen LogP contribution is 2.15. The lowest BCUT2D eigenvalue weighted by Crippen LogP contribution is -2.26. The van der Waals surface area contributed by atoms with E-state index in [1.165, 1.54) is 0 Å². The fraction of sp³-hybridized carbons (Fsp3) is 0.474. The van der Waals surface area contributed by atoms with Gasteiger partial charge in [-0.3, -0.25) is 14.2 Å². The molecule has 0 aliphatic carbocycles. The van der Waals surface area contributed by atoms with Crippen LogP contribution in [-0.4, -0.2) is 36.1 Å². The minimum atomic E-state index is -0.0895. The molecule has 0 radical (unpaired) electrons. The minimum absolute atomic E-state index is 0.0609. The number of hydrogen-bond acceptors (Lipinski definition) is 3. The van der Waals surface area contributed by atoms with E-state index in [2.05, 4.69) is 12.2 Å². The second kappa shape index (κ2) is 9.88. The number of nitrogens with zero attached hydrogens (tertiary/aromatic N) is 1. The molecule has 5 nitrogen and oxygen atoms in total. The van der Waals surface area contributed by atoms with Crippen LogP contribution in [-0.2, 0) is 9.53 Å². The van der Waals surface area contributed by atoms with E-state index >= 15 is 0 Å². The number of ether oxygens (including phenoxy) is 1. The number of fused-ring (bicyclic) bond motifs is 1. The van der Waals surface area contributed by atoms with Crippen molar-refractivity contribution in [2.75, 3.05) is 19.8 Å². The molecule has 0 bridgehead atoms. The first-order chi connectivity index (χ1) is 11.7. The van der Waals surface area contributed by atoms with Crippen LogP contribution in [0.15, 0.2) is 36.5 Å². The highest BCUT2D eigenvalue weighted by atomic mass is 16.5. The molecule has 0 fully saturated rings. The van der Waals surface area contributed by atoms with Crippen LogP contribution in [0, 0.1) is 0 Å². The first-order valence-corrected chi connectivity index (χ1v) is 8.66. The van der Waals surface area contributed by atoms with Crippen LogP contribution in [0.1, 0.15) is 43.8 Å². The Morgan fingerprint density at radius 1 is 1.08 bits per heavy atom. The van der Waals surface area contributed by atoms with E-state index in [1.54, 1.807) is 10.8 Å². The van der Waals surface area contributed by atoms with Crippen LogP contribution in [0.3, 0.4) is 0 Å². The number of nitrogens with one attached hydrogen (secondary N) is 1. The van der Waals surface area contributed by atoms with Gasteiger partial charge in [0.05, 0.1) is 5.52 Å². The van der Waals surface area contributed by atoms with Gasteiger partial charge in [0.15, 0.2) is 0 Å². The maximum atomic E-state index is 12.3. The Bertz CT molecular complexity index is 663. The van der Waals surface area contributed by atoms with Crippen molar-refractivity contribution in [3.05, 3.63) is 36.5 Å². The van der Waals surface area contributed by atoms with Gasteiger partial charge in [-0.1, -0.05) is 31.5 Å². The topological polar surface area (TPSA) is 60.3 Å². The number of rotatable bonds is 10. The summed E-state index contributed by atoms with van der Waals surface area (Å²) >= 11 is 0. The molecule has 0 unspecified atom stereocenters. The molecule has 0 atom stereocenters. The van der Waals surface area contributed by atoms with E-state index in [0.29, 0.717) is 13.2 Å². The van der Waals surface area contributed by atoms with Crippen molar-refractivity contribution >= 4 is 22.7 Å². The van der Waals surface area contributed by atoms with Crippen molar-refractivity contribution in [1.29, 1.82) is 0 Å². The lowest BCUT2D eigenvalue weighted by molar-refractivity contribution is -0.121. The first kappa shape index (κ1) is 18.2. The Morgan fingerprint density at radius 3 is 2.71 bits per heavy atom. The third-order valence-corrected chi connectivity index (χ3v) is 3.86. The molecular formula is C19H26N2O3. The van der Waals surface area contributed by atoms with Gasteiger partial charge in [-0.25, -0.2) is 0 Å². The van der Waals surface area contributed by atoms with Crippen LogP contribution < -0.4 is 5.32 Å². The number of carbonyl (C=O) groups excluding carboxylic acids is 2. The van der Waals surface area contributed by atoms with Crippen molar-refractivity contribution < 1.29 is 14.3 Å². The third-order valence-electron chi connectivity index (χ3n) is 3.86. The SMILES string of the molecule is CCCCOCCCNC(=O)CCC(=O)n1ccc2ccccc21. The molecule has 0 saturated heterocycles. The van der Waals surface area contributed by atoms with Gasteiger partial charge in [0.2, 0.25) is 11.8 Å². The van der Waals surface area contributed by atoms with Gasteiger partial charge in [-0.15, -0.1) is 0 Å². The van der Waals surface area contributed by atoms with Crippen LogP contribution in [0.25, 0.3) is 10.9 Å². The second-order valence-corrected chi connectivity index (χ2v) is 5.81. The van der Waals surface area contributed by atoms with Gasteiger partial charge in [-0.05, 0) is 25.0 Å². The van der Waals surface area contributed by atoms with Crippen LogP contribution >= 0.6 is 0 Å². The summed E-state index contributed by atoms with van der Waals surface area (Å²) in [6, 6.07) is 9.63. The average molecular weight is 330 g/mol. The van der Waals surface area contributed by atoms with E-state index in [1.807, 2.05) is 30.3 Å². The zero-order valence-corrected chi connectivity index (χ0v) is 14.3. The normalized spacial score (nSPS) is 10.9. The Balaban J connectivity index is 1.65. The Kier molecular flexibility index (Phi) is 7.49. The smallest absolute Gasteiger partial charge is 0.231 e. The molecular weight excluding hydrogens is 304 g/mol. The second-order valence-electron chi connectivity index (χ2n) is 5.81. The van der Waals surface area contributed by atoms with Crippen molar-refractivity contribution in [3.8, 4) is 0 Å². The van der Waals surface area contributed by atoms with Gasteiger partial charge in [0.1, 0.15) is 0 Å². The quantitative estimate of drug-likeness (QED) is 0.679. The molecule has 1 heterocycles. The average Bonchev–Trinajstić information content (AvgIpc) is 3.03. The number of benzene rings is 1. The highest BCUT2D eigenvalue weighted by Gasteiger charge is 2.10. The van der Waals surface area contributed by atoms with Crippen molar-refractivity contribution in [1.82, 2.24) is 9.88 Å². The van der Waals surface area contributed by atoms with E-state index in [0.717, 1.165) is 36.8 Å². The molecule has 1 N–H and O–H groups in total. The molecule has 24 heavy (non-hydrogen) atoms. The monoisotopic (exact) mass is 330 g/mol. The summed E-state index contributed by atoms with van der Waals surface area (Å²) in [4.78, 5) is 24.1. The number of unbranched alkanes of at least 4 members (excludes halogenated alkanes) is 1. The third kappa shape index (κ3) is 5.49. The van der Waals surface area contributed by atoms with Gasteiger partial charge >= 0.3 is 0 Å². The predicted molar refractivity (Wildman–Crippen MR) is 95.2 cm³/mol. The molecule has 0 aliphatic rings. The Hall–Kier alpha value is -2.14. The standard InChI is InChI=1S/C19H26N2O3/c1-2-3-14-24-15-6-12-20-18(22)9-10-19(23)21-13-11-16-7-4-5-8-17(16)21/h4-5,7-8,11,13H,2-3,6,9-10,12,14-15H2,1H3,(H,20,22). The number of aromatic nitrogens is 1. The van der Waals surface area contributed by atoms with Crippen molar-refractivity contribution in [3.63, 3.8) is 0 Å². The fourth-order valence-electron chi connectivity index (χ4n) is 2.48. The lowest BCUT2D eigenvalue weighted by Gasteiger charge is -2.07. The van der Waals surface area contributed by atoms with Gasteiger partial charge in [0, 0.05) is 44.2 Å². The number of carbonyl (C=O) groups is 2. The van der Waals surface area contributed by atoms with Crippen molar-refractivity contribution in [2.45, 2.75) is 39.0 Å². The molecule has 2 rings (SSSR count). The van der Waals surface area contributed by atoms with Crippen LogP contribution in [0.2, 0.25) is 0 Å². The molecule has 0 aliphatic heterocycles. The molecule has 130 valence electrons. The Labute approximate surface area is 143 Å². The molecule has 0 saturated carbocycles. The molecule has 1 amide bonds. The maximum absolute atomic E-state index is 12.3. The lowest BCUT2D eigenvalue weighted by atomic mass is 10.2. The summed E-state index contributed by atoms with van der Waals surface area (Å²) in [5.74, 6) is -0.150. The minimum Gasteiger partial charge on any atom is -0.381 e. The highest BCUT2D eigenvalue weighted by molar-refractivity contribution is 5.93.